The van der Waals surface area contributed by atoms with Crippen LogP contribution in [0.25, 0.3) is 0 Å². The fourth-order valence-corrected chi connectivity index (χ4v) is 3.69. The molecule has 1 fully saturated rings. The maximum absolute atomic E-state index is 5.53. The lowest BCUT2D eigenvalue weighted by molar-refractivity contribution is 0.140. The van der Waals surface area contributed by atoms with Crippen LogP contribution in [0.4, 0.5) is 5.69 Å². The molecular weight excluding hydrogens is 330 g/mol. The monoisotopic (exact) mass is 361 g/mol. The number of nitrogens with zero attached hydrogens (tertiary/aromatic N) is 1. The molecule has 2 rings (SSSR count). The van der Waals surface area contributed by atoms with E-state index in [2.05, 4.69) is 36.0 Å². The lowest BCUT2D eigenvalue weighted by Crippen LogP contribution is -2.40. The Bertz CT molecular complexity index is 554. The van der Waals surface area contributed by atoms with Gasteiger partial charge in [0, 0.05) is 31.4 Å². The van der Waals surface area contributed by atoms with Crippen molar-refractivity contribution in [1.29, 1.82) is 0 Å². The molecule has 0 aromatic heterocycles. The molecule has 25 heavy (non-hydrogen) atoms. The topological polar surface area (TPSA) is 36.5 Å². The van der Waals surface area contributed by atoms with Gasteiger partial charge in [0.15, 0.2) is 5.11 Å². The minimum atomic E-state index is 0.500. The zero-order chi connectivity index (χ0) is 18.1. The molecular formula is C20H31N3OS. The van der Waals surface area contributed by atoms with E-state index in [1.165, 1.54) is 19.5 Å². The van der Waals surface area contributed by atoms with E-state index in [0.717, 1.165) is 42.8 Å². The maximum atomic E-state index is 5.53. The Morgan fingerprint density at radius 3 is 2.84 bits per heavy atom. The molecule has 1 aliphatic heterocycles. The van der Waals surface area contributed by atoms with Crippen LogP contribution < -0.4 is 15.4 Å². The number of benzene rings is 1. The molecule has 5 heteroatoms. The van der Waals surface area contributed by atoms with Crippen molar-refractivity contribution in [2.45, 2.75) is 26.7 Å². The fraction of sp³-hybridized carbons (Fsp3) is 0.550. The summed E-state index contributed by atoms with van der Waals surface area (Å²) in [7, 11) is 0. The van der Waals surface area contributed by atoms with Crippen molar-refractivity contribution in [2.24, 2.45) is 11.8 Å². The molecule has 2 N–H and O–H groups in total. The molecule has 1 heterocycles. The second-order valence-electron chi connectivity index (χ2n) is 7.07. The lowest BCUT2D eigenvalue weighted by atomic mass is 9.92. The van der Waals surface area contributed by atoms with E-state index in [9.17, 15) is 0 Å². The van der Waals surface area contributed by atoms with Gasteiger partial charge in [-0.1, -0.05) is 32.6 Å². The van der Waals surface area contributed by atoms with E-state index >= 15 is 0 Å². The molecule has 1 aliphatic rings. The van der Waals surface area contributed by atoms with Crippen LogP contribution in [0.15, 0.2) is 36.9 Å². The Morgan fingerprint density at radius 2 is 2.12 bits per heavy atom. The minimum absolute atomic E-state index is 0.500. The number of nitrogens with one attached hydrogen (secondary N) is 2. The first-order valence-electron chi connectivity index (χ1n) is 9.17. The van der Waals surface area contributed by atoms with E-state index in [4.69, 9.17) is 17.0 Å². The molecule has 2 atom stereocenters. The average molecular weight is 362 g/mol. The van der Waals surface area contributed by atoms with Gasteiger partial charge >= 0.3 is 0 Å². The Kier molecular flexibility index (Phi) is 8.22. The SMILES string of the molecule is C=CCOc1cccc(NC(=S)NCCCN2C[C@H](C)C[C@@H](C)C2)c1. The summed E-state index contributed by atoms with van der Waals surface area (Å²) in [6.07, 6.45) is 4.19. The third kappa shape index (κ3) is 7.45. The molecule has 4 nitrogen and oxygen atoms in total. The first-order chi connectivity index (χ1) is 12.1. The number of thiocarbonyl (C=S) groups is 1. The summed E-state index contributed by atoms with van der Waals surface area (Å²) in [6, 6.07) is 7.78. The normalized spacial score (nSPS) is 20.7. The van der Waals surface area contributed by atoms with E-state index in [-0.39, 0.29) is 0 Å². The first kappa shape index (κ1) is 19.7. The fourth-order valence-electron chi connectivity index (χ4n) is 3.47. The summed E-state index contributed by atoms with van der Waals surface area (Å²) in [5.74, 6) is 2.44. The Morgan fingerprint density at radius 1 is 1.36 bits per heavy atom. The summed E-state index contributed by atoms with van der Waals surface area (Å²) < 4.78 is 5.53. The quantitative estimate of drug-likeness (QED) is 0.417. The highest BCUT2D eigenvalue weighted by molar-refractivity contribution is 7.80. The second-order valence-corrected chi connectivity index (χ2v) is 7.48. The van der Waals surface area contributed by atoms with Crippen LogP contribution in [-0.2, 0) is 0 Å². The van der Waals surface area contributed by atoms with Gasteiger partial charge in [0.1, 0.15) is 12.4 Å². The predicted octanol–water partition coefficient (Wildman–Crippen LogP) is 3.91. The van der Waals surface area contributed by atoms with Crippen LogP contribution in [0.5, 0.6) is 5.75 Å². The summed E-state index contributed by atoms with van der Waals surface area (Å²) in [4.78, 5) is 2.58. The molecule has 0 spiro atoms. The zero-order valence-corrected chi connectivity index (χ0v) is 16.3. The molecule has 0 bridgehead atoms. The van der Waals surface area contributed by atoms with Crippen LogP contribution in [0.1, 0.15) is 26.7 Å². The molecule has 0 unspecified atom stereocenters. The Labute approximate surface area is 157 Å². The highest BCUT2D eigenvalue weighted by Gasteiger charge is 2.20. The summed E-state index contributed by atoms with van der Waals surface area (Å²) in [6.45, 7) is 13.3. The van der Waals surface area contributed by atoms with Crippen molar-refractivity contribution in [3.8, 4) is 5.75 Å². The van der Waals surface area contributed by atoms with Crippen molar-refractivity contribution >= 4 is 23.0 Å². The number of rotatable bonds is 8. The maximum Gasteiger partial charge on any atom is 0.170 e. The van der Waals surface area contributed by atoms with E-state index in [1.54, 1.807) is 6.08 Å². The Hall–Kier alpha value is -1.59. The van der Waals surface area contributed by atoms with Crippen LogP contribution in [0, 0.1) is 11.8 Å². The van der Waals surface area contributed by atoms with Crippen LogP contribution in [0.2, 0.25) is 0 Å². The van der Waals surface area contributed by atoms with Crippen molar-refractivity contribution in [3.05, 3.63) is 36.9 Å². The summed E-state index contributed by atoms with van der Waals surface area (Å²) in [5, 5.41) is 7.16. The standard InChI is InChI=1S/C20H31N3OS/c1-4-11-24-19-8-5-7-18(13-19)22-20(25)21-9-6-10-23-14-16(2)12-17(3)15-23/h4-5,7-8,13,16-17H,1,6,9-12,14-15H2,2-3H3,(H2,21,22,25)/t16-,17-/m1/s1. The smallest absolute Gasteiger partial charge is 0.170 e. The largest absolute Gasteiger partial charge is 0.489 e. The molecule has 0 radical (unpaired) electrons. The second kappa shape index (κ2) is 10.4. The molecule has 0 saturated carbocycles. The predicted molar refractivity (Wildman–Crippen MR) is 110 cm³/mol. The van der Waals surface area contributed by atoms with Gasteiger partial charge in [0.2, 0.25) is 0 Å². The van der Waals surface area contributed by atoms with Gasteiger partial charge in [-0.2, -0.15) is 0 Å². The van der Waals surface area contributed by atoms with Crippen LogP contribution >= 0.6 is 12.2 Å². The van der Waals surface area contributed by atoms with Crippen molar-refractivity contribution in [2.75, 3.05) is 38.1 Å². The van der Waals surface area contributed by atoms with Gasteiger partial charge in [-0.3, -0.25) is 0 Å². The minimum Gasteiger partial charge on any atom is -0.489 e. The number of hydrogen-bond donors (Lipinski definition) is 2. The summed E-state index contributed by atoms with van der Waals surface area (Å²) in [5.41, 5.74) is 0.928. The van der Waals surface area contributed by atoms with Gasteiger partial charge in [0.05, 0.1) is 0 Å². The van der Waals surface area contributed by atoms with Gasteiger partial charge in [0.25, 0.3) is 0 Å². The molecule has 1 aromatic rings. The third-order valence-electron chi connectivity index (χ3n) is 4.34. The van der Waals surface area contributed by atoms with Crippen molar-refractivity contribution in [3.63, 3.8) is 0 Å². The third-order valence-corrected chi connectivity index (χ3v) is 4.59. The van der Waals surface area contributed by atoms with Gasteiger partial charge in [-0.15, -0.1) is 0 Å². The highest BCUT2D eigenvalue weighted by Crippen LogP contribution is 2.20. The van der Waals surface area contributed by atoms with Gasteiger partial charge in [-0.05, 0) is 55.6 Å². The molecule has 1 saturated heterocycles. The average Bonchev–Trinajstić information content (AvgIpc) is 2.56. The summed E-state index contributed by atoms with van der Waals surface area (Å²) >= 11 is 5.38. The van der Waals surface area contributed by atoms with Gasteiger partial charge < -0.3 is 20.3 Å². The molecule has 0 aliphatic carbocycles. The number of piperidine rings is 1. The first-order valence-corrected chi connectivity index (χ1v) is 9.58. The van der Waals surface area contributed by atoms with Gasteiger partial charge in [-0.25, -0.2) is 0 Å². The molecule has 0 amide bonds. The van der Waals surface area contributed by atoms with Crippen LogP contribution in [-0.4, -0.2) is 42.8 Å². The van der Waals surface area contributed by atoms with Crippen LogP contribution in [0.3, 0.4) is 0 Å². The lowest BCUT2D eigenvalue weighted by Gasteiger charge is -2.35. The molecule has 138 valence electrons. The number of likely N-dealkylation sites (tertiary alicyclic amines) is 1. The molecule has 1 aromatic carbocycles. The van der Waals surface area contributed by atoms with E-state index in [1.807, 2.05) is 24.3 Å². The van der Waals surface area contributed by atoms with E-state index in [0.29, 0.717) is 11.7 Å². The van der Waals surface area contributed by atoms with Crippen molar-refractivity contribution in [1.82, 2.24) is 10.2 Å². The zero-order valence-electron chi connectivity index (χ0n) is 15.5. The Balaban J connectivity index is 1.66. The van der Waals surface area contributed by atoms with Crippen molar-refractivity contribution < 1.29 is 4.74 Å². The van der Waals surface area contributed by atoms with E-state index < -0.39 is 0 Å². The highest BCUT2D eigenvalue weighted by atomic mass is 32.1. The number of anilines is 1. The number of hydrogen-bond acceptors (Lipinski definition) is 3. The number of ether oxygens (including phenoxy) is 1.